The zero-order chi connectivity index (χ0) is 7.28. The van der Waals surface area contributed by atoms with Crippen LogP contribution in [0.25, 0.3) is 0 Å². The Kier molecular flexibility index (Phi) is 4.67. The molecule has 0 aliphatic rings. The van der Waals surface area contributed by atoms with E-state index >= 15 is 0 Å². The summed E-state index contributed by atoms with van der Waals surface area (Å²) in [6.45, 7) is 1.77. The first-order valence-corrected chi connectivity index (χ1v) is 3.25. The Labute approximate surface area is 55.5 Å². The van der Waals surface area contributed by atoms with Crippen LogP contribution in [0.1, 0.15) is 19.8 Å². The van der Waals surface area contributed by atoms with Gasteiger partial charge >= 0.3 is 0 Å². The molecular weight excluding hydrogens is 118 g/mol. The molecule has 2 atom stereocenters. The van der Waals surface area contributed by atoms with E-state index in [2.05, 4.69) is 0 Å². The van der Waals surface area contributed by atoms with Crippen molar-refractivity contribution in [2.45, 2.75) is 31.9 Å². The zero-order valence-electron chi connectivity index (χ0n) is 5.75. The number of aliphatic hydroxyl groups excluding tert-OH is 2. The minimum atomic E-state index is -0.639. The van der Waals surface area contributed by atoms with Crippen molar-refractivity contribution in [1.29, 1.82) is 0 Å². The van der Waals surface area contributed by atoms with Gasteiger partial charge in [-0.05, 0) is 12.8 Å². The van der Waals surface area contributed by atoms with Crippen molar-refractivity contribution < 1.29 is 10.2 Å². The Morgan fingerprint density at radius 1 is 1.56 bits per heavy atom. The summed E-state index contributed by atoms with van der Waals surface area (Å²) in [6.07, 6.45) is 0.698. The van der Waals surface area contributed by atoms with Crippen LogP contribution in [-0.2, 0) is 0 Å². The second-order valence-corrected chi connectivity index (χ2v) is 2.24. The lowest BCUT2D eigenvalue weighted by atomic mass is 10.1. The van der Waals surface area contributed by atoms with Crippen LogP contribution in [-0.4, -0.2) is 29.0 Å². The predicted octanol–water partition coefficient (Wildman–Crippen LogP) is -0.533. The summed E-state index contributed by atoms with van der Waals surface area (Å²) in [7, 11) is 0. The van der Waals surface area contributed by atoms with Gasteiger partial charge in [-0.15, -0.1) is 0 Å². The number of aliphatic hydroxyl groups is 2. The van der Waals surface area contributed by atoms with Gasteiger partial charge in [0.2, 0.25) is 0 Å². The van der Waals surface area contributed by atoms with Crippen molar-refractivity contribution in [3.63, 3.8) is 0 Å². The molecular formula is C6H15NO2. The summed E-state index contributed by atoms with van der Waals surface area (Å²) in [5, 5.41) is 17.2. The van der Waals surface area contributed by atoms with Gasteiger partial charge in [-0.3, -0.25) is 0 Å². The fraction of sp³-hybridized carbons (Fsp3) is 1.00. The molecule has 4 N–H and O–H groups in total. The van der Waals surface area contributed by atoms with Crippen LogP contribution >= 0.6 is 0 Å². The third-order valence-electron chi connectivity index (χ3n) is 1.31. The molecule has 0 aromatic rings. The van der Waals surface area contributed by atoms with Crippen molar-refractivity contribution in [3.05, 3.63) is 0 Å². The van der Waals surface area contributed by atoms with Crippen LogP contribution in [0, 0.1) is 0 Å². The number of hydrogen-bond acceptors (Lipinski definition) is 3. The van der Waals surface area contributed by atoms with E-state index in [0.29, 0.717) is 6.42 Å². The molecule has 0 saturated heterocycles. The molecule has 0 radical (unpaired) electrons. The normalized spacial score (nSPS) is 17.3. The Bertz CT molecular complexity index is 60.1. The molecule has 56 valence electrons. The fourth-order valence-corrected chi connectivity index (χ4v) is 0.591. The van der Waals surface area contributed by atoms with Crippen molar-refractivity contribution in [1.82, 2.24) is 0 Å². The van der Waals surface area contributed by atoms with Gasteiger partial charge in [0.15, 0.2) is 0 Å². The smallest absolute Gasteiger partial charge is 0.0785 e. The van der Waals surface area contributed by atoms with Crippen molar-refractivity contribution in [2.75, 3.05) is 6.61 Å². The van der Waals surface area contributed by atoms with Crippen LogP contribution < -0.4 is 5.73 Å². The van der Waals surface area contributed by atoms with Crippen LogP contribution in [0.15, 0.2) is 0 Å². The van der Waals surface area contributed by atoms with Gasteiger partial charge < -0.3 is 15.9 Å². The number of hydrogen-bond donors (Lipinski definition) is 3. The predicted molar refractivity (Wildman–Crippen MR) is 36.0 cm³/mol. The van der Waals surface area contributed by atoms with Crippen LogP contribution in [0.3, 0.4) is 0 Å². The topological polar surface area (TPSA) is 66.5 Å². The van der Waals surface area contributed by atoms with E-state index in [-0.39, 0.29) is 12.6 Å². The highest BCUT2D eigenvalue weighted by Gasteiger charge is 2.06. The molecule has 0 amide bonds. The standard InChI is InChI=1S/C6H15NO2/c1-2-5(7)3-6(9)4-8/h5-6,8-9H,2-4,7H2,1H3. The molecule has 0 aromatic carbocycles. The minimum Gasteiger partial charge on any atom is -0.394 e. The largest absolute Gasteiger partial charge is 0.394 e. The number of rotatable bonds is 4. The summed E-state index contributed by atoms with van der Waals surface area (Å²) >= 11 is 0. The summed E-state index contributed by atoms with van der Waals surface area (Å²) in [5.41, 5.74) is 5.48. The molecule has 0 aromatic heterocycles. The van der Waals surface area contributed by atoms with Crippen molar-refractivity contribution >= 4 is 0 Å². The third kappa shape index (κ3) is 4.39. The third-order valence-corrected chi connectivity index (χ3v) is 1.31. The summed E-state index contributed by atoms with van der Waals surface area (Å²) < 4.78 is 0. The average molecular weight is 133 g/mol. The lowest BCUT2D eigenvalue weighted by Gasteiger charge is -2.11. The molecule has 3 heteroatoms. The maximum Gasteiger partial charge on any atom is 0.0785 e. The molecule has 0 bridgehead atoms. The molecule has 3 nitrogen and oxygen atoms in total. The van der Waals surface area contributed by atoms with Crippen molar-refractivity contribution in [2.24, 2.45) is 5.73 Å². The second-order valence-electron chi connectivity index (χ2n) is 2.24. The van der Waals surface area contributed by atoms with E-state index in [0.717, 1.165) is 6.42 Å². The Hall–Kier alpha value is -0.120. The maximum absolute atomic E-state index is 8.83. The summed E-state index contributed by atoms with van der Waals surface area (Å²) in [6, 6.07) is 0.0205. The van der Waals surface area contributed by atoms with E-state index in [1.54, 1.807) is 0 Å². The Morgan fingerprint density at radius 2 is 2.11 bits per heavy atom. The highest BCUT2D eigenvalue weighted by atomic mass is 16.3. The van der Waals surface area contributed by atoms with Gasteiger partial charge in [-0.2, -0.15) is 0 Å². The first kappa shape index (κ1) is 8.88. The zero-order valence-corrected chi connectivity index (χ0v) is 5.75. The van der Waals surface area contributed by atoms with Gasteiger partial charge in [-0.1, -0.05) is 6.92 Å². The average Bonchev–Trinajstić information content (AvgIpc) is 1.87. The van der Waals surface area contributed by atoms with Gasteiger partial charge in [0, 0.05) is 6.04 Å². The maximum atomic E-state index is 8.83. The second kappa shape index (κ2) is 4.73. The van der Waals surface area contributed by atoms with Gasteiger partial charge in [0.1, 0.15) is 0 Å². The summed E-state index contributed by atoms with van der Waals surface area (Å²) in [4.78, 5) is 0. The molecule has 0 rings (SSSR count). The van der Waals surface area contributed by atoms with Crippen LogP contribution in [0.2, 0.25) is 0 Å². The van der Waals surface area contributed by atoms with Gasteiger partial charge in [0.25, 0.3) is 0 Å². The van der Waals surface area contributed by atoms with Crippen LogP contribution in [0.5, 0.6) is 0 Å². The first-order valence-electron chi connectivity index (χ1n) is 3.25. The highest BCUT2D eigenvalue weighted by Crippen LogP contribution is 1.97. The van der Waals surface area contributed by atoms with E-state index in [9.17, 15) is 0 Å². The van der Waals surface area contributed by atoms with E-state index < -0.39 is 6.10 Å². The Morgan fingerprint density at radius 3 is 2.44 bits per heavy atom. The highest BCUT2D eigenvalue weighted by molar-refractivity contribution is 4.63. The lowest BCUT2D eigenvalue weighted by molar-refractivity contribution is 0.0823. The molecule has 0 saturated carbocycles. The quantitative estimate of drug-likeness (QED) is 0.483. The van der Waals surface area contributed by atoms with Gasteiger partial charge in [-0.25, -0.2) is 0 Å². The van der Waals surface area contributed by atoms with E-state index in [1.807, 2.05) is 6.92 Å². The molecule has 9 heavy (non-hydrogen) atoms. The Balaban J connectivity index is 3.22. The summed E-state index contributed by atoms with van der Waals surface area (Å²) in [5.74, 6) is 0. The first-order chi connectivity index (χ1) is 4.20. The molecule has 2 unspecified atom stereocenters. The minimum absolute atomic E-state index is 0.0205. The molecule has 0 fully saturated rings. The molecule has 0 spiro atoms. The molecule has 0 aliphatic carbocycles. The van der Waals surface area contributed by atoms with E-state index in [4.69, 9.17) is 15.9 Å². The molecule has 0 aliphatic heterocycles. The molecule has 0 heterocycles. The van der Waals surface area contributed by atoms with Gasteiger partial charge in [0.05, 0.1) is 12.7 Å². The SMILES string of the molecule is CCC(N)CC(O)CO. The lowest BCUT2D eigenvalue weighted by Crippen LogP contribution is -2.27. The number of nitrogens with two attached hydrogens (primary N) is 1. The van der Waals surface area contributed by atoms with E-state index in [1.165, 1.54) is 0 Å². The monoisotopic (exact) mass is 133 g/mol. The van der Waals surface area contributed by atoms with Crippen LogP contribution in [0.4, 0.5) is 0 Å². The fourth-order valence-electron chi connectivity index (χ4n) is 0.591. The van der Waals surface area contributed by atoms with Crippen molar-refractivity contribution in [3.8, 4) is 0 Å².